The summed E-state index contributed by atoms with van der Waals surface area (Å²) in [7, 11) is 0. The van der Waals surface area contributed by atoms with Gasteiger partial charge in [0.2, 0.25) is 5.69 Å². The van der Waals surface area contributed by atoms with Gasteiger partial charge in [0.25, 0.3) is 0 Å². The summed E-state index contributed by atoms with van der Waals surface area (Å²) in [6, 6.07) is 0. The first-order valence-electron chi connectivity index (χ1n) is 12.7. The fourth-order valence-electron chi connectivity index (χ4n) is 3.58. The Labute approximate surface area is 213 Å². The van der Waals surface area contributed by atoms with Gasteiger partial charge >= 0.3 is 0 Å². The third kappa shape index (κ3) is 27.6. The first-order valence-corrected chi connectivity index (χ1v) is 17.0. The SMILES string of the molecule is CCCCCCCCCCCCOP(O)(=S)SCCCCCCCCCCCC.[Mo]. The van der Waals surface area contributed by atoms with E-state index in [9.17, 15) is 4.89 Å². The van der Waals surface area contributed by atoms with Gasteiger partial charge in [-0.1, -0.05) is 141 Å². The van der Waals surface area contributed by atoms with Crippen LogP contribution in [-0.4, -0.2) is 17.3 Å². The van der Waals surface area contributed by atoms with Gasteiger partial charge in [-0.15, -0.1) is 0 Å². The fraction of sp³-hybridized carbons (Fsp3) is 1.00. The molecule has 0 aliphatic heterocycles. The molecule has 0 fully saturated rings. The van der Waals surface area contributed by atoms with Crippen molar-refractivity contribution in [3.63, 3.8) is 0 Å². The summed E-state index contributed by atoms with van der Waals surface area (Å²) in [6.45, 7) is 5.17. The summed E-state index contributed by atoms with van der Waals surface area (Å²) >= 11 is 6.79. The molecule has 0 aromatic heterocycles. The van der Waals surface area contributed by atoms with Crippen molar-refractivity contribution in [3.05, 3.63) is 0 Å². The van der Waals surface area contributed by atoms with E-state index in [2.05, 4.69) is 13.8 Å². The average molecular weight is 563 g/mol. The molecule has 0 aromatic carbocycles. The van der Waals surface area contributed by atoms with Gasteiger partial charge in [-0.05, 0) is 24.6 Å². The van der Waals surface area contributed by atoms with Gasteiger partial charge in [0, 0.05) is 26.8 Å². The third-order valence-corrected chi connectivity index (χ3v) is 9.92. The first-order chi connectivity index (χ1) is 14.1. The third-order valence-electron chi connectivity index (χ3n) is 5.50. The van der Waals surface area contributed by atoms with Crippen LogP contribution >= 0.6 is 17.1 Å². The molecule has 182 valence electrons. The van der Waals surface area contributed by atoms with E-state index >= 15 is 0 Å². The minimum atomic E-state index is -2.60. The van der Waals surface area contributed by atoms with Crippen LogP contribution in [0.5, 0.6) is 0 Å². The Morgan fingerprint density at radius 1 is 0.600 bits per heavy atom. The van der Waals surface area contributed by atoms with Crippen molar-refractivity contribution in [3.8, 4) is 0 Å². The summed E-state index contributed by atoms with van der Waals surface area (Å²) in [5.74, 6) is 0.947. The Bertz CT molecular complexity index is 343. The molecule has 0 spiro atoms. The summed E-state index contributed by atoms with van der Waals surface area (Å²) in [5.41, 5.74) is -2.60. The molecule has 0 aromatic rings. The molecule has 0 bridgehead atoms. The van der Waals surface area contributed by atoms with Gasteiger partial charge in [-0.2, -0.15) is 0 Å². The number of hydrogen-bond acceptors (Lipinski definition) is 3. The summed E-state index contributed by atoms with van der Waals surface area (Å²) in [5, 5.41) is 0. The van der Waals surface area contributed by atoms with Crippen molar-refractivity contribution in [1.82, 2.24) is 0 Å². The van der Waals surface area contributed by atoms with Crippen molar-refractivity contribution in [2.24, 2.45) is 0 Å². The van der Waals surface area contributed by atoms with Gasteiger partial charge in [0.1, 0.15) is 0 Å². The van der Waals surface area contributed by atoms with Crippen LogP contribution in [0.4, 0.5) is 0 Å². The zero-order valence-electron chi connectivity index (χ0n) is 20.1. The number of rotatable bonds is 24. The second kappa shape index (κ2) is 26.9. The van der Waals surface area contributed by atoms with Crippen LogP contribution in [0.1, 0.15) is 142 Å². The molecule has 0 amide bonds. The molecule has 1 atom stereocenters. The van der Waals surface area contributed by atoms with Gasteiger partial charge in [-0.25, -0.2) is 0 Å². The monoisotopic (exact) mass is 564 g/mol. The normalized spacial score (nSPS) is 13.2. The van der Waals surface area contributed by atoms with Crippen LogP contribution in [0.2, 0.25) is 0 Å². The van der Waals surface area contributed by atoms with Gasteiger partial charge in [0.05, 0.1) is 6.61 Å². The predicted molar refractivity (Wildman–Crippen MR) is 139 cm³/mol. The molecule has 0 radical (unpaired) electrons. The van der Waals surface area contributed by atoms with Crippen molar-refractivity contribution in [2.75, 3.05) is 12.4 Å². The maximum Gasteiger partial charge on any atom is 0.244 e. The van der Waals surface area contributed by atoms with Crippen LogP contribution in [0.15, 0.2) is 0 Å². The quantitative estimate of drug-likeness (QED) is 0.0720. The maximum absolute atomic E-state index is 10.3. The van der Waals surface area contributed by atoms with E-state index in [1.54, 1.807) is 0 Å². The topological polar surface area (TPSA) is 29.5 Å². The zero-order chi connectivity index (χ0) is 21.5. The maximum atomic E-state index is 10.3. The molecule has 1 unspecified atom stereocenters. The fourth-order valence-corrected chi connectivity index (χ4v) is 7.00. The second-order valence-electron chi connectivity index (χ2n) is 8.50. The molecule has 30 heavy (non-hydrogen) atoms. The van der Waals surface area contributed by atoms with E-state index < -0.39 is 5.69 Å². The van der Waals surface area contributed by atoms with E-state index in [0.29, 0.717) is 6.61 Å². The minimum Gasteiger partial charge on any atom is -0.337 e. The van der Waals surface area contributed by atoms with Crippen molar-refractivity contribution in [2.45, 2.75) is 142 Å². The summed E-state index contributed by atoms with van der Waals surface area (Å²) in [4.78, 5) is 10.3. The van der Waals surface area contributed by atoms with Crippen LogP contribution < -0.4 is 0 Å². The Kier molecular flexibility index (Phi) is 30.2. The molecule has 0 heterocycles. The summed E-state index contributed by atoms with van der Waals surface area (Å²) < 4.78 is 5.64. The first kappa shape index (κ1) is 33.8. The Morgan fingerprint density at radius 3 is 1.33 bits per heavy atom. The largest absolute Gasteiger partial charge is 0.337 e. The molecular weight excluding hydrogens is 511 g/mol. The van der Waals surface area contributed by atoms with Crippen molar-refractivity contribution < 1.29 is 30.5 Å². The molecule has 0 rings (SSSR count). The molecule has 0 aliphatic rings. The Hall–Kier alpha value is 1.61. The summed E-state index contributed by atoms with van der Waals surface area (Å²) in [6.07, 6.45) is 26.6. The predicted octanol–water partition coefficient (Wildman–Crippen LogP) is 9.79. The van der Waals surface area contributed by atoms with E-state index in [1.807, 2.05) is 0 Å². The van der Waals surface area contributed by atoms with Gasteiger partial charge in [0.15, 0.2) is 0 Å². The van der Waals surface area contributed by atoms with E-state index in [4.69, 9.17) is 16.3 Å². The molecule has 0 saturated heterocycles. The molecule has 0 aliphatic carbocycles. The van der Waals surface area contributed by atoms with Crippen LogP contribution in [-0.2, 0) is 37.4 Å². The zero-order valence-corrected chi connectivity index (χ0v) is 24.6. The average Bonchev–Trinajstić information content (AvgIpc) is 2.70. The molecular formula is C24H51MoO2PS2. The standard InChI is InChI=1S/C24H51O2PS2.Mo/c1-3-5-7-9-11-13-15-17-19-21-23-26-27(25,28)29-24-22-20-18-16-14-12-10-8-6-4-2;/h3-24H2,1-2H3,(H,25,28);. The smallest absolute Gasteiger partial charge is 0.244 e. The second-order valence-corrected chi connectivity index (χ2v) is 14.8. The molecule has 1 N–H and O–H groups in total. The Balaban J connectivity index is 0. The van der Waals surface area contributed by atoms with Crippen LogP contribution in [0, 0.1) is 0 Å². The van der Waals surface area contributed by atoms with E-state index in [0.717, 1.165) is 18.6 Å². The van der Waals surface area contributed by atoms with Gasteiger partial charge < -0.3 is 9.42 Å². The minimum absolute atomic E-state index is 0. The molecule has 2 nitrogen and oxygen atoms in total. The van der Waals surface area contributed by atoms with Crippen molar-refractivity contribution >= 4 is 28.9 Å². The number of hydrogen-bond donors (Lipinski definition) is 1. The molecule has 6 heteroatoms. The van der Waals surface area contributed by atoms with E-state index in [-0.39, 0.29) is 21.1 Å². The van der Waals surface area contributed by atoms with Crippen LogP contribution in [0.3, 0.4) is 0 Å². The van der Waals surface area contributed by atoms with Crippen LogP contribution in [0.25, 0.3) is 0 Å². The number of unbranched alkanes of at least 4 members (excludes halogenated alkanes) is 18. The van der Waals surface area contributed by atoms with E-state index in [1.165, 1.54) is 127 Å². The molecule has 0 saturated carbocycles. The Morgan fingerprint density at radius 2 is 0.933 bits per heavy atom. The van der Waals surface area contributed by atoms with Gasteiger partial charge in [-0.3, -0.25) is 0 Å². The van der Waals surface area contributed by atoms with Crippen molar-refractivity contribution in [1.29, 1.82) is 0 Å².